The molecular weight excluding hydrogens is 313 g/mol. The number of hydrogen-bond donors (Lipinski definition) is 2. The molecule has 0 bridgehead atoms. The zero-order chi connectivity index (χ0) is 17.1. The Morgan fingerprint density at radius 2 is 2.25 bits per heavy atom. The van der Waals surface area contributed by atoms with Crippen LogP contribution < -0.4 is 10.1 Å². The first-order valence-electron chi connectivity index (χ1n) is 7.66. The summed E-state index contributed by atoms with van der Waals surface area (Å²) in [6, 6.07) is 4.81. The van der Waals surface area contributed by atoms with Crippen molar-refractivity contribution in [3.8, 4) is 5.75 Å². The molecule has 0 aliphatic carbocycles. The molecule has 24 heavy (non-hydrogen) atoms. The quantitative estimate of drug-likeness (QED) is 0.727. The number of fused-ring (bicyclic) bond motifs is 1. The highest BCUT2D eigenvalue weighted by Gasteiger charge is 2.10. The fourth-order valence-electron chi connectivity index (χ4n) is 2.34. The van der Waals surface area contributed by atoms with Gasteiger partial charge in [0.2, 0.25) is 5.91 Å². The minimum atomic E-state index is -0.453. The Morgan fingerprint density at radius 3 is 2.96 bits per heavy atom. The van der Waals surface area contributed by atoms with Crippen molar-refractivity contribution >= 4 is 16.8 Å². The molecule has 2 N–H and O–H groups in total. The summed E-state index contributed by atoms with van der Waals surface area (Å²) in [6.45, 7) is 4.01. The molecule has 0 aliphatic rings. The van der Waals surface area contributed by atoms with Crippen LogP contribution in [-0.2, 0) is 17.9 Å². The average molecular weight is 331 g/mol. The molecule has 6 nitrogen and oxygen atoms in total. The predicted molar refractivity (Wildman–Crippen MR) is 86.0 cm³/mol. The number of aromatic amines is 1. The number of halogens is 1. The maximum Gasteiger partial charge on any atom is 0.220 e. The van der Waals surface area contributed by atoms with Crippen LogP contribution in [0.25, 0.3) is 10.9 Å². The molecule has 2 aromatic heterocycles. The number of amides is 1. The molecule has 0 aliphatic heterocycles. The van der Waals surface area contributed by atoms with Crippen molar-refractivity contribution in [2.75, 3.05) is 0 Å². The topological polar surface area (TPSA) is 80.2 Å². The Kier molecular flexibility index (Phi) is 4.50. The van der Waals surface area contributed by atoms with Gasteiger partial charge in [0.1, 0.15) is 18.6 Å². The molecule has 0 atom stereocenters. The summed E-state index contributed by atoms with van der Waals surface area (Å²) < 4.78 is 24.7. The Balaban J connectivity index is 1.74. The lowest BCUT2D eigenvalue weighted by atomic mass is 10.2. The van der Waals surface area contributed by atoms with Gasteiger partial charge in [-0.05, 0) is 12.1 Å². The van der Waals surface area contributed by atoms with E-state index in [0.717, 1.165) is 16.6 Å². The van der Waals surface area contributed by atoms with E-state index in [4.69, 9.17) is 9.15 Å². The molecule has 3 aromatic rings. The van der Waals surface area contributed by atoms with Crippen molar-refractivity contribution < 1.29 is 18.3 Å². The molecule has 2 heterocycles. The van der Waals surface area contributed by atoms with E-state index in [-0.39, 0.29) is 18.3 Å². The number of nitrogens with one attached hydrogen (secondary N) is 2. The van der Waals surface area contributed by atoms with Crippen molar-refractivity contribution in [1.82, 2.24) is 15.3 Å². The highest BCUT2D eigenvalue weighted by molar-refractivity contribution is 5.82. The van der Waals surface area contributed by atoms with E-state index in [1.54, 1.807) is 26.0 Å². The second-order valence-electron chi connectivity index (χ2n) is 5.44. The first-order valence-corrected chi connectivity index (χ1v) is 7.66. The highest BCUT2D eigenvalue weighted by atomic mass is 19.1. The van der Waals surface area contributed by atoms with E-state index >= 15 is 0 Å². The molecule has 0 saturated heterocycles. The average Bonchev–Trinajstić information content (AvgIpc) is 3.15. The van der Waals surface area contributed by atoms with Crippen LogP contribution in [0.2, 0.25) is 0 Å². The largest absolute Gasteiger partial charge is 0.484 e. The minimum Gasteiger partial charge on any atom is -0.484 e. The molecule has 1 amide bonds. The van der Waals surface area contributed by atoms with Gasteiger partial charge in [0.15, 0.2) is 17.5 Å². The van der Waals surface area contributed by atoms with Gasteiger partial charge in [-0.1, -0.05) is 6.92 Å². The van der Waals surface area contributed by atoms with Gasteiger partial charge in [0, 0.05) is 36.0 Å². The first-order chi connectivity index (χ1) is 11.5. The van der Waals surface area contributed by atoms with Crippen LogP contribution in [0.3, 0.4) is 0 Å². The number of ether oxygens (including phenoxy) is 1. The molecule has 0 radical (unpaired) electrons. The summed E-state index contributed by atoms with van der Waals surface area (Å²) in [4.78, 5) is 18.6. The molecule has 0 fully saturated rings. The second-order valence-corrected chi connectivity index (χ2v) is 5.44. The molecule has 0 unspecified atom stereocenters. The van der Waals surface area contributed by atoms with E-state index in [9.17, 15) is 9.18 Å². The number of carbonyl (C=O) groups excluding carboxylic acids is 1. The van der Waals surface area contributed by atoms with E-state index < -0.39 is 5.82 Å². The standard InChI is InChI=1S/C17H18FN3O3/c1-3-17(22)19-7-12-4-11-5-14(18)16(6-15(11)21-12)24-9-13-8-23-10(2)20-13/h4-6,8,21H,3,7,9H2,1-2H3,(H,19,22). The first kappa shape index (κ1) is 16.0. The van der Waals surface area contributed by atoms with Crippen molar-refractivity contribution in [2.45, 2.75) is 33.4 Å². The zero-order valence-electron chi connectivity index (χ0n) is 13.5. The lowest BCUT2D eigenvalue weighted by molar-refractivity contribution is -0.120. The molecular formula is C17H18FN3O3. The number of rotatable bonds is 6. The summed E-state index contributed by atoms with van der Waals surface area (Å²) in [5.74, 6) is 0.180. The number of hydrogen-bond acceptors (Lipinski definition) is 4. The maximum absolute atomic E-state index is 14.2. The third-order valence-corrected chi connectivity index (χ3v) is 3.57. The number of nitrogens with zero attached hydrogens (tertiary/aromatic N) is 1. The van der Waals surface area contributed by atoms with Crippen LogP contribution in [0.4, 0.5) is 4.39 Å². The van der Waals surface area contributed by atoms with Gasteiger partial charge in [-0.2, -0.15) is 0 Å². The molecule has 0 spiro atoms. The predicted octanol–water partition coefficient (Wildman–Crippen LogP) is 3.21. The van der Waals surface area contributed by atoms with Crippen molar-refractivity contribution in [3.05, 3.63) is 47.6 Å². The van der Waals surface area contributed by atoms with Gasteiger partial charge in [-0.15, -0.1) is 0 Å². The zero-order valence-corrected chi connectivity index (χ0v) is 13.5. The SMILES string of the molecule is CCC(=O)NCc1cc2cc(F)c(OCc3coc(C)n3)cc2[nH]1. The summed E-state index contributed by atoms with van der Waals surface area (Å²) in [5, 5.41) is 3.49. The highest BCUT2D eigenvalue weighted by Crippen LogP contribution is 2.26. The van der Waals surface area contributed by atoms with Crippen LogP contribution >= 0.6 is 0 Å². The van der Waals surface area contributed by atoms with E-state index in [1.165, 1.54) is 12.3 Å². The Hall–Kier alpha value is -2.83. The van der Waals surface area contributed by atoms with Crippen molar-refractivity contribution in [3.63, 3.8) is 0 Å². The number of carbonyl (C=O) groups is 1. The van der Waals surface area contributed by atoms with Gasteiger partial charge >= 0.3 is 0 Å². The fraction of sp³-hybridized carbons (Fsp3) is 0.294. The molecule has 1 aromatic carbocycles. The molecule has 0 saturated carbocycles. The van der Waals surface area contributed by atoms with Crippen LogP contribution in [0.5, 0.6) is 5.75 Å². The minimum absolute atomic E-state index is 0.0354. The summed E-state index contributed by atoms with van der Waals surface area (Å²) in [7, 11) is 0. The van der Waals surface area contributed by atoms with Gasteiger partial charge in [-0.3, -0.25) is 4.79 Å². The third kappa shape index (κ3) is 3.56. The number of oxazole rings is 1. The van der Waals surface area contributed by atoms with E-state index in [0.29, 0.717) is 24.6 Å². The number of H-pyrrole nitrogens is 1. The summed E-state index contributed by atoms with van der Waals surface area (Å²) in [5.41, 5.74) is 2.14. The smallest absolute Gasteiger partial charge is 0.220 e. The van der Waals surface area contributed by atoms with Gasteiger partial charge in [-0.25, -0.2) is 9.37 Å². The maximum atomic E-state index is 14.2. The van der Waals surface area contributed by atoms with Gasteiger partial charge in [0.05, 0.1) is 6.54 Å². The molecule has 7 heteroatoms. The Bertz CT molecular complexity index is 869. The fourth-order valence-corrected chi connectivity index (χ4v) is 2.34. The normalized spacial score (nSPS) is 11.0. The van der Waals surface area contributed by atoms with Gasteiger partial charge < -0.3 is 19.5 Å². The Morgan fingerprint density at radius 1 is 1.42 bits per heavy atom. The number of aromatic nitrogens is 2. The molecule has 3 rings (SSSR count). The third-order valence-electron chi connectivity index (χ3n) is 3.57. The van der Waals surface area contributed by atoms with E-state index in [2.05, 4.69) is 15.3 Å². The van der Waals surface area contributed by atoms with E-state index in [1.807, 2.05) is 0 Å². The van der Waals surface area contributed by atoms with Gasteiger partial charge in [0.25, 0.3) is 0 Å². The van der Waals surface area contributed by atoms with Crippen LogP contribution in [-0.4, -0.2) is 15.9 Å². The lowest BCUT2D eigenvalue weighted by Gasteiger charge is -2.05. The second kappa shape index (κ2) is 6.74. The van der Waals surface area contributed by atoms with Crippen LogP contribution in [0, 0.1) is 12.7 Å². The van der Waals surface area contributed by atoms with Crippen molar-refractivity contribution in [1.29, 1.82) is 0 Å². The lowest BCUT2D eigenvalue weighted by Crippen LogP contribution is -2.21. The van der Waals surface area contributed by atoms with Crippen LogP contribution in [0.15, 0.2) is 28.9 Å². The monoisotopic (exact) mass is 331 g/mol. The Labute approximate surface area is 138 Å². The van der Waals surface area contributed by atoms with Crippen molar-refractivity contribution in [2.24, 2.45) is 0 Å². The summed E-state index contributed by atoms with van der Waals surface area (Å²) in [6.07, 6.45) is 1.91. The number of aryl methyl sites for hydroxylation is 1. The number of benzene rings is 1. The molecule has 126 valence electrons. The summed E-state index contributed by atoms with van der Waals surface area (Å²) >= 11 is 0. The van der Waals surface area contributed by atoms with Crippen LogP contribution in [0.1, 0.15) is 30.6 Å².